The second kappa shape index (κ2) is 9.73. The second-order valence-electron chi connectivity index (χ2n) is 6.86. The van der Waals surface area contributed by atoms with Gasteiger partial charge in [-0.25, -0.2) is 4.79 Å². The molecule has 0 bridgehead atoms. The van der Waals surface area contributed by atoms with Gasteiger partial charge in [-0.2, -0.15) is 0 Å². The fourth-order valence-electron chi connectivity index (χ4n) is 3.11. The number of aliphatic carboxylic acids is 1. The largest absolute Gasteiger partial charge is 0.480 e. The average Bonchev–Trinajstić information content (AvgIpc) is 2.69. The smallest absolute Gasteiger partial charge is 0.326 e. The minimum Gasteiger partial charge on any atom is -0.480 e. The van der Waals surface area contributed by atoms with E-state index in [1.165, 1.54) is 18.5 Å². The topological polar surface area (TPSA) is 108 Å². The molecule has 30 heavy (non-hydrogen) atoms. The predicted octanol–water partition coefficient (Wildman–Crippen LogP) is 3.86. The first kappa shape index (κ1) is 21.8. The van der Waals surface area contributed by atoms with Crippen molar-refractivity contribution in [1.29, 1.82) is 0 Å². The monoisotopic (exact) mass is 447 g/mol. The molecule has 0 unspecified atom stereocenters. The summed E-state index contributed by atoms with van der Waals surface area (Å²) in [7, 11) is 0. The van der Waals surface area contributed by atoms with E-state index in [-0.39, 0.29) is 27.8 Å². The van der Waals surface area contributed by atoms with Crippen molar-refractivity contribution in [1.82, 2.24) is 10.3 Å². The van der Waals surface area contributed by atoms with Gasteiger partial charge in [0.1, 0.15) is 6.04 Å². The highest BCUT2D eigenvalue weighted by Crippen LogP contribution is 2.24. The number of hydrogen-bond acceptors (Lipinski definition) is 5. The third-order valence-corrected chi connectivity index (χ3v) is 5.17. The standard InChI is InChI=1S/C21H19Cl2N3O4/c22-16-10-24-11-17(23)19(16)20(28)26-13-6-4-12(5-7-13)8-18(21(29)30)25-14-2-1-3-15(27)9-14/h4-7,9-11,18,25H,1-3,8H2,(H,26,28)(H,29,30)/t18-/m0/s1. The maximum atomic E-state index is 12.4. The van der Waals surface area contributed by atoms with Gasteiger partial charge in [0.25, 0.3) is 5.91 Å². The molecule has 0 spiro atoms. The Bertz CT molecular complexity index is 986. The Morgan fingerprint density at radius 2 is 1.77 bits per heavy atom. The second-order valence-corrected chi connectivity index (χ2v) is 7.67. The number of halogens is 2. The molecular formula is C21H19Cl2N3O4. The summed E-state index contributed by atoms with van der Waals surface area (Å²) < 4.78 is 0. The number of carbonyl (C=O) groups is 3. The molecule has 1 aliphatic carbocycles. The summed E-state index contributed by atoms with van der Waals surface area (Å²) in [5.41, 5.74) is 2.04. The highest BCUT2D eigenvalue weighted by Gasteiger charge is 2.21. The van der Waals surface area contributed by atoms with E-state index >= 15 is 0 Å². The Hall–Kier alpha value is -2.90. The van der Waals surface area contributed by atoms with Crippen molar-refractivity contribution >= 4 is 46.5 Å². The van der Waals surface area contributed by atoms with E-state index in [0.29, 0.717) is 30.6 Å². The number of nitrogens with one attached hydrogen (secondary N) is 2. The molecule has 1 heterocycles. The van der Waals surface area contributed by atoms with Gasteiger partial charge in [-0.05, 0) is 30.5 Å². The van der Waals surface area contributed by atoms with Crippen molar-refractivity contribution in [2.45, 2.75) is 31.7 Å². The molecule has 9 heteroatoms. The van der Waals surface area contributed by atoms with Crippen molar-refractivity contribution in [2.75, 3.05) is 5.32 Å². The minimum atomic E-state index is -1.01. The van der Waals surface area contributed by atoms with Crippen LogP contribution in [0, 0.1) is 0 Å². The van der Waals surface area contributed by atoms with Crippen LogP contribution in [0.4, 0.5) is 5.69 Å². The lowest BCUT2D eigenvalue weighted by Gasteiger charge is -2.20. The molecule has 3 N–H and O–H groups in total. The quantitative estimate of drug-likeness (QED) is 0.594. The van der Waals surface area contributed by atoms with Gasteiger partial charge in [-0.3, -0.25) is 14.6 Å². The van der Waals surface area contributed by atoms with Crippen molar-refractivity contribution in [3.05, 3.63) is 69.6 Å². The maximum Gasteiger partial charge on any atom is 0.326 e. The van der Waals surface area contributed by atoms with E-state index in [1.807, 2.05) is 0 Å². The maximum absolute atomic E-state index is 12.4. The van der Waals surface area contributed by atoms with Crippen LogP contribution in [0.2, 0.25) is 10.0 Å². The molecule has 1 aliphatic rings. The lowest BCUT2D eigenvalue weighted by Crippen LogP contribution is -2.38. The summed E-state index contributed by atoms with van der Waals surface area (Å²) >= 11 is 12.0. The van der Waals surface area contributed by atoms with Gasteiger partial charge in [0, 0.05) is 42.7 Å². The van der Waals surface area contributed by atoms with Crippen LogP contribution in [0.3, 0.4) is 0 Å². The number of anilines is 1. The Morgan fingerprint density at radius 1 is 1.10 bits per heavy atom. The molecule has 0 aliphatic heterocycles. The van der Waals surface area contributed by atoms with Gasteiger partial charge in [0.2, 0.25) is 0 Å². The first-order valence-electron chi connectivity index (χ1n) is 9.25. The number of ketones is 1. The zero-order chi connectivity index (χ0) is 21.7. The molecule has 2 aromatic rings. The number of aromatic nitrogens is 1. The van der Waals surface area contributed by atoms with Crippen LogP contribution in [0.1, 0.15) is 35.2 Å². The molecule has 1 atom stereocenters. The van der Waals surface area contributed by atoms with Crippen LogP contribution in [0.5, 0.6) is 0 Å². The van der Waals surface area contributed by atoms with E-state index in [4.69, 9.17) is 23.2 Å². The molecular weight excluding hydrogens is 429 g/mol. The predicted molar refractivity (Wildman–Crippen MR) is 114 cm³/mol. The lowest BCUT2D eigenvalue weighted by molar-refractivity contribution is -0.139. The van der Waals surface area contributed by atoms with Crippen molar-refractivity contribution < 1.29 is 19.5 Å². The highest BCUT2D eigenvalue weighted by atomic mass is 35.5. The SMILES string of the molecule is O=C1C=C(N[C@@H](Cc2ccc(NC(=O)c3c(Cl)cncc3Cl)cc2)C(=O)O)CCC1. The van der Waals surface area contributed by atoms with E-state index in [2.05, 4.69) is 15.6 Å². The van der Waals surface area contributed by atoms with Crippen LogP contribution in [0.25, 0.3) is 0 Å². The number of carboxylic acid groups (broad SMARTS) is 1. The van der Waals surface area contributed by atoms with Crippen LogP contribution in [0.15, 0.2) is 48.4 Å². The summed E-state index contributed by atoms with van der Waals surface area (Å²) in [6.45, 7) is 0. The van der Waals surface area contributed by atoms with Gasteiger partial charge in [-0.1, -0.05) is 35.3 Å². The number of allylic oxidation sites excluding steroid dienone is 2. The van der Waals surface area contributed by atoms with Gasteiger partial charge < -0.3 is 15.7 Å². The van der Waals surface area contributed by atoms with E-state index in [0.717, 1.165) is 5.56 Å². The van der Waals surface area contributed by atoms with Crippen LogP contribution in [-0.4, -0.2) is 33.8 Å². The number of carbonyl (C=O) groups excluding carboxylic acids is 2. The molecule has 7 nitrogen and oxygen atoms in total. The fourth-order valence-corrected chi connectivity index (χ4v) is 3.65. The van der Waals surface area contributed by atoms with Gasteiger partial charge >= 0.3 is 5.97 Å². The number of hydrogen-bond donors (Lipinski definition) is 3. The third kappa shape index (κ3) is 5.58. The molecule has 0 fully saturated rings. The summed E-state index contributed by atoms with van der Waals surface area (Å²) in [5, 5.41) is 15.5. The zero-order valence-corrected chi connectivity index (χ0v) is 17.3. The number of benzene rings is 1. The number of rotatable bonds is 7. The number of pyridine rings is 1. The van der Waals surface area contributed by atoms with Crippen LogP contribution >= 0.6 is 23.2 Å². The summed E-state index contributed by atoms with van der Waals surface area (Å²) in [6, 6.07) is 5.92. The van der Waals surface area contributed by atoms with Crippen LogP contribution in [-0.2, 0) is 16.0 Å². The molecule has 0 saturated carbocycles. The van der Waals surface area contributed by atoms with E-state index < -0.39 is 17.9 Å². The normalized spacial score (nSPS) is 14.6. The third-order valence-electron chi connectivity index (χ3n) is 4.59. The Balaban J connectivity index is 1.66. The Kier molecular flexibility index (Phi) is 7.07. The van der Waals surface area contributed by atoms with E-state index in [9.17, 15) is 19.5 Å². The fraction of sp³-hybridized carbons (Fsp3) is 0.238. The summed E-state index contributed by atoms with van der Waals surface area (Å²) in [4.78, 5) is 39.4. The van der Waals surface area contributed by atoms with Crippen molar-refractivity contribution in [3.8, 4) is 0 Å². The Morgan fingerprint density at radius 3 is 2.37 bits per heavy atom. The zero-order valence-electron chi connectivity index (χ0n) is 15.8. The molecule has 1 aromatic heterocycles. The van der Waals surface area contributed by atoms with Gasteiger partial charge in [0.05, 0.1) is 15.6 Å². The molecule has 3 rings (SSSR count). The van der Waals surface area contributed by atoms with Crippen molar-refractivity contribution in [2.24, 2.45) is 0 Å². The molecule has 156 valence electrons. The molecule has 1 aromatic carbocycles. The first-order chi connectivity index (χ1) is 14.3. The molecule has 0 radical (unpaired) electrons. The highest BCUT2D eigenvalue weighted by molar-refractivity contribution is 6.40. The van der Waals surface area contributed by atoms with E-state index in [1.54, 1.807) is 24.3 Å². The lowest BCUT2D eigenvalue weighted by atomic mass is 10.0. The minimum absolute atomic E-state index is 0.00221. The molecule has 0 saturated heterocycles. The average molecular weight is 448 g/mol. The number of nitrogens with zero attached hydrogens (tertiary/aromatic N) is 1. The first-order valence-corrected chi connectivity index (χ1v) is 10.0. The number of carboxylic acids is 1. The summed E-state index contributed by atoms with van der Waals surface area (Å²) in [5.74, 6) is -1.48. The van der Waals surface area contributed by atoms with Gasteiger partial charge in [0.15, 0.2) is 5.78 Å². The van der Waals surface area contributed by atoms with Crippen LogP contribution < -0.4 is 10.6 Å². The summed E-state index contributed by atoms with van der Waals surface area (Å²) in [6.07, 6.45) is 6.22. The van der Waals surface area contributed by atoms with Crippen molar-refractivity contribution in [3.63, 3.8) is 0 Å². The number of amides is 1. The molecule has 1 amide bonds. The Labute approximate surface area is 183 Å². The van der Waals surface area contributed by atoms with Gasteiger partial charge in [-0.15, -0.1) is 0 Å².